The van der Waals surface area contributed by atoms with Gasteiger partial charge in [0, 0.05) is 20.2 Å². The van der Waals surface area contributed by atoms with Crippen LogP contribution in [0.4, 0.5) is 17.5 Å². The van der Waals surface area contributed by atoms with Gasteiger partial charge in [-0.1, -0.05) is 0 Å². The summed E-state index contributed by atoms with van der Waals surface area (Å²) in [6, 6.07) is 0. The normalized spacial score (nSPS) is 14.3. The monoisotopic (exact) mass is 281 g/mol. The summed E-state index contributed by atoms with van der Waals surface area (Å²) in [5, 5.41) is 11.1. The van der Waals surface area contributed by atoms with Gasteiger partial charge < -0.3 is 15.4 Å². The summed E-state index contributed by atoms with van der Waals surface area (Å²) in [5.41, 5.74) is 5.73. The number of nitrogens with two attached hydrogens (primary N) is 1. The number of hydrogen-bond donors (Lipinski definition) is 1. The van der Waals surface area contributed by atoms with Crippen molar-refractivity contribution in [3.05, 3.63) is 15.8 Å². The van der Waals surface area contributed by atoms with Gasteiger partial charge in [0.1, 0.15) is 5.69 Å². The number of aryl methyl sites for hydroxylation is 1. The fraction of sp³-hybridized carbons (Fsp3) is 0.667. The maximum absolute atomic E-state index is 11.1. The lowest BCUT2D eigenvalue weighted by molar-refractivity contribution is -0.385. The van der Waals surface area contributed by atoms with Crippen molar-refractivity contribution in [2.45, 2.75) is 19.8 Å². The molecule has 1 aromatic heterocycles. The topological polar surface area (TPSA) is 107 Å². The second-order valence-corrected chi connectivity index (χ2v) is 5.04. The van der Waals surface area contributed by atoms with E-state index >= 15 is 0 Å². The van der Waals surface area contributed by atoms with Gasteiger partial charge in [-0.3, -0.25) is 10.1 Å². The number of ether oxygens (including phenoxy) is 1. The molecule has 110 valence electrons. The highest BCUT2D eigenvalue weighted by molar-refractivity contribution is 5.61. The van der Waals surface area contributed by atoms with E-state index in [9.17, 15) is 10.1 Å². The summed E-state index contributed by atoms with van der Waals surface area (Å²) in [6.07, 6.45) is 2.48. The molecule has 1 fully saturated rings. The van der Waals surface area contributed by atoms with E-state index in [1.807, 2.05) is 0 Å². The van der Waals surface area contributed by atoms with Gasteiger partial charge in [0.2, 0.25) is 11.8 Å². The van der Waals surface area contributed by atoms with Gasteiger partial charge in [-0.25, -0.2) is 4.98 Å². The van der Waals surface area contributed by atoms with Crippen molar-refractivity contribution in [1.82, 2.24) is 9.97 Å². The molecule has 0 radical (unpaired) electrons. The molecule has 1 heterocycles. The zero-order valence-corrected chi connectivity index (χ0v) is 11.7. The summed E-state index contributed by atoms with van der Waals surface area (Å²) in [7, 11) is 1.73. The first-order valence-corrected chi connectivity index (χ1v) is 6.56. The Bertz CT molecular complexity index is 504. The Morgan fingerprint density at radius 3 is 2.80 bits per heavy atom. The lowest BCUT2D eigenvalue weighted by Crippen LogP contribution is -2.25. The minimum Gasteiger partial charge on any atom is -0.379 e. The average Bonchev–Trinajstić information content (AvgIpc) is 3.16. The maximum Gasteiger partial charge on any atom is 0.332 e. The van der Waals surface area contributed by atoms with Crippen LogP contribution in [0.1, 0.15) is 18.5 Å². The van der Waals surface area contributed by atoms with E-state index in [1.165, 1.54) is 12.8 Å². The van der Waals surface area contributed by atoms with E-state index in [1.54, 1.807) is 18.9 Å². The van der Waals surface area contributed by atoms with Gasteiger partial charge in [0.25, 0.3) is 0 Å². The lowest BCUT2D eigenvalue weighted by Gasteiger charge is -2.18. The van der Waals surface area contributed by atoms with Gasteiger partial charge in [0.15, 0.2) is 0 Å². The van der Waals surface area contributed by atoms with Crippen LogP contribution in [-0.2, 0) is 4.74 Å². The third-order valence-corrected chi connectivity index (χ3v) is 3.22. The van der Waals surface area contributed by atoms with Crippen LogP contribution in [0.15, 0.2) is 0 Å². The van der Waals surface area contributed by atoms with Crippen molar-refractivity contribution in [3.8, 4) is 0 Å². The van der Waals surface area contributed by atoms with Crippen molar-refractivity contribution in [1.29, 1.82) is 0 Å². The number of anilines is 2. The highest BCUT2D eigenvalue weighted by Crippen LogP contribution is 2.29. The molecule has 0 atom stereocenters. The van der Waals surface area contributed by atoms with E-state index in [-0.39, 0.29) is 23.1 Å². The predicted molar refractivity (Wildman–Crippen MR) is 74.6 cm³/mol. The zero-order valence-electron chi connectivity index (χ0n) is 11.7. The smallest absolute Gasteiger partial charge is 0.332 e. The molecule has 1 aliphatic rings. The number of nitrogen functional groups attached to an aromatic ring is 1. The zero-order chi connectivity index (χ0) is 14.7. The molecule has 0 saturated heterocycles. The number of likely N-dealkylation sites (N-methyl/N-ethyl adjacent to an activating group) is 1. The Hall–Kier alpha value is -1.96. The van der Waals surface area contributed by atoms with E-state index < -0.39 is 4.92 Å². The largest absolute Gasteiger partial charge is 0.379 e. The van der Waals surface area contributed by atoms with E-state index in [2.05, 4.69) is 9.97 Å². The molecule has 20 heavy (non-hydrogen) atoms. The molecule has 0 unspecified atom stereocenters. The molecule has 0 amide bonds. The molecule has 2 rings (SSSR count). The molecular formula is C12H19N5O3. The second kappa shape index (κ2) is 6.00. The van der Waals surface area contributed by atoms with E-state index in [4.69, 9.17) is 10.5 Å². The number of nitro groups is 1. The third-order valence-electron chi connectivity index (χ3n) is 3.22. The van der Waals surface area contributed by atoms with Gasteiger partial charge in [-0.05, 0) is 25.7 Å². The maximum atomic E-state index is 11.1. The van der Waals surface area contributed by atoms with Crippen molar-refractivity contribution in [2.24, 2.45) is 5.92 Å². The Balaban J connectivity index is 2.02. The number of hydrogen-bond acceptors (Lipinski definition) is 7. The predicted octanol–water partition coefficient (Wildman–Crippen LogP) is 1.14. The molecule has 8 heteroatoms. The number of nitrogens with zero attached hydrogens (tertiary/aromatic N) is 4. The standard InChI is InChI=1S/C12H19N5O3/c1-8-10(17(18)19)11(15-12(13)14-8)16(2)5-6-20-7-9-3-4-9/h9H,3-7H2,1-2H3,(H2,13,14,15). The van der Waals surface area contributed by atoms with Crippen LogP contribution >= 0.6 is 0 Å². The molecule has 0 spiro atoms. The van der Waals surface area contributed by atoms with Crippen LogP contribution in [-0.4, -0.2) is 41.7 Å². The Morgan fingerprint density at radius 1 is 1.50 bits per heavy atom. The van der Waals surface area contributed by atoms with Gasteiger partial charge in [-0.2, -0.15) is 4.98 Å². The van der Waals surface area contributed by atoms with Crippen LogP contribution < -0.4 is 10.6 Å². The summed E-state index contributed by atoms with van der Waals surface area (Å²) in [4.78, 5) is 20.1. The summed E-state index contributed by atoms with van der Waals surface area (Å²) in [5.74, 6) is 0.968. The molecule has 0 aromatic carbocycles. The first-order chi connectivity index (χ1) is 9.49. The molecular weight excluding hydrogens is 262 g/mol. The Morgan fingerprint density at radius 2 is 2.20 bits per heavy atom. The molecule has 1 saturated carbocycles. The second-order valence-electron chi connectivity index (χ2n) is 5.04. The Labute approximate surface area is 117 Å². The first kappa shape index (κ1) is 14.4. The third kappa shape index (κ3) is 3.53. The SMILES string of the molecule is Cc1nc(N)nc(N(C)CCOCC2CC2)c1[N+](=O)[O-]. The van der Waals surface area contributed by atoms with Gasteiger partial charge in [-0.15, -0.1) is 0 Å². The minimum atomic E-state index is -0.480. The lowest BCUT2D eigenvalue weighted by atomic mass is 10.3. The highest BCUT2D eigenvalue weighted by Gasteiger charge is 2.24. The quantitative estimate of drug-likeness (QED) is 0.453. The Kier molecular flexibility index (Phi) is 4.33. The van der Waals surface area contributed by atoms with E-state index in [0.29, 0.717) is 19.1 Å². The van der Waals surface area contributed by atoms with Crippen LogP contribution in [0.3, 0.4) is 0 Å². The van der Waals surface area contributed by atoms with Crippen LogP contribution in [0.5, 0.6) is 0 Å². The molecule has 2 N–H and O–H groups in total. The highest BCUT2D eigenvalue weighted by atomic mass is 16.6. The summed E-state index contributed by atoms with van der Waals surface area (Å²) in [6.45, 7) is 3.34. The molecule has 0 aliphatic heterocycles. The van der Waals surface area contributed by atoms with Crippen molar-refractivity contribution < 1.29 is 9.66 Å². The summed E-state index contributed by atoms with van der Waals surface area (Å²) >= 11 is 0. The molecule has 1 aliphatic carbocycles. The molecule has 0 bridgehead atoms. The van der Waals surface area contributed by atoms with E-state index in [0.717, 1.165) is 6.61 Å². The van der Waals surface area contributed by atoms with Crippen LogP contribution in [0.25, 0.3) is 0 Å². The summed E-state index contributed by atoms with van der Waals surface area (Å²) < 4.78 is 5.52. The molecule has 8 nitrogen and oxygen atoms in total. The minimum absolute atomic E-state index is 0.0360. The van der Waals surface area contributed by atoms with Crippen molar-refractivity contribution >= 4 is 17.5 Å². The number of aromatic nitrogens is 2. The van der Waals surface area contributed by atoms with Crippen molar-refractivity contribution in [2.75, 3.05) is 37.4 Å². The van der Waals surface area contributed by atoms with Gasteiger partial charge in [0.05, 0.1) is 11.5 Å². The number of rotatable bonds is 7. The van der Waals surface area contributed by atoms with Gasteiger partial charge >= 0.3 is 5.69 Å². The van der Waals surface area contributed by atoms with Crippen LogP contribution in [0.2, 0.25) is 0 Å². The molecule has 1 aromatic rings. The fourth-order valence-corrected chi connectivity index (χ4v) is 1.89. The fourth-order valence-electron chi connectivity index (χ4n) is 1.89. The first-order valence-electron chi connectivity index (χ1n) is 6.56. The van der Waals surface area contributed by atoms with Crippen LogP contribution in [0, 0.1) is 23.0 Å². The average molecular weight is 281 g/mol. The van der Waals surface area contributed by atoms with Crippen molar-refractivity contribution in [3.63, 3.8) is 0 Å².